The minimum Gasteiger partial charge on any atom is -0.493 e. The molecule has 8 nitrogen and oxygen atoms in total. The summed E-state index contributed by atoms with van der Waals surface area (Å²) in [4.78, 5) is 25.7. The Hall–Kier alpha value is -2.29. The van der Waals surface area contributed by atoms with Crippen LogP contribution in [0.2, 0.25) is 0 Å². The summed E-state index contributed by atoms with van der Waals surface area (Å²) in [5.41, 5.74) is 0.871. The van der Waals surface area contributed by atoms with Gasteiger partial charge in [-0.15, -0.1) is 0 Å². The zero-order valence-corrected chi connectivity index (χ0v) is 15.9. The maximum absolute atomic E-state index is 12.6. The highest BCUT2D eigenvalue weighted by molar-refractivity contribution is 7.91. The van der Waals surface area contributed by atoms with E-state index in [0.29, 0.717) is 17.9 Å². The van der Waals surface area contributed by atoms with Crippen LogP contribution in [0.1, 0.15) is 12.0 Å². The molecule has 1 aromatic rings. The fourth-order valence-corrected chi connectivity index (χ4v) is 4.31. The largest absolute Gasteiger partial charge is 0.493 e. The minimum atomic E-state index is -3.36. The first-order valence-electron chi connectivity index (χ1n) is 8.10. The number of hydrogen-bond donors (Lipinski definition) is 0. The lowest BCUT2D eigenvalue weighted by Gasteiger charge is -2.33. The lowest BCUT2D eigenvalue weighted by molar-refractivity contribution is -0.152. The van der Waals surface area contributed by atoms with Crippen LogP contribution in [0.15, 0.2) is 18.2 Å². The molecule has 0 spiro atoms. The van der Waals surface area contributed by atoms with E-state index in [2.05, 4.69) is 4.74 Å². The Balaban J connectivity index is 2.07. The smallest absolute Gasteiger partial charge is 0.329 e. The van der Waals surface area contributed by atoms with Gasteiger partial charge >= 0.3 is 5.97 Å². The number of carbonyl (C=O) groups excluding carboxylic acids is 2. The van der Waals surface area contributed by atoms with Gasteiger partial charge in [0.05, 0.1) is 32.8 Å². The first-order chi connectivity index (χ1) is 12.3. The van der Waals surface area contributed by atoms with E-state index in [1.54, 1.807) is 19.2 Å². The second-order valence-corrected chi connectivity index (χ2v) is 8.16. The van der Waals surface area contributed by atoms with Crippen LogP contribution >= 0.6 is 0 Å². The van der Waals surface area contributed by atoms with Crippen molar-refractivity contribution in [2.45, 2.75) is 18.9 Å². The number of nitrogens with zero attached hydrogens (tertiary/aromatic N) is 1. The summed E-state index contributed by atoms with van der Waals surface area (Å²) in [5.74, 6) is -0.397. The molecule has 1 saturated heterocycles. The molecule has 0 bridgehead atoms. The van der Waals surface area contributed by atoms with E-state index in [0.717, 1.165) is 5.56 Å². The minimum absolute atomic E-state index is 0.00708. The molecule has 1 aromatic carbocycles. The molecule has 0 aliphatic carbocycles. The fraction of sp³-hybridized carbons (Fsp3) is 0.529. The molecule has 2 rings (SSSR count). The van der Waals surface area contributed by atoms with Gasteiger partial charge in [0.15, 0.2) is 21.3 Å². The second kappa shape index (κ2) is 8.39. The van der Waals surface area contributed by atoms with Gasteiger partial charge in [0.2, 0.25) is 5.91 Å². The van der Waals surface area contributed by atoms with Gasteiger partial charge in [0, 0.05) is 13.0 Å². The predicted octanol–water partition coefficient (Wildman–Crippen LogP) is 0.435. The summed E-state index contributed by atoms with van der Waals surface area (Å²) in [5, 5.41) is 0. The van der Waals surface area contributed by atoms with E-state index < -0.39 is 27.6 Å². The summed E-state index contributed by atoms with van der Waals surface area (Å²) in [7, 11) is 0.884. The van der Waals surface area contributed by atoms with Crippen LogP contribution in [0.4, 0.5) is 0 Å². The van der Waals surface area contributed by atoms with Gasteiger partial charge in [-0.2, -0.15) is 0 Å². The number of benzene rings is 1. The van der Waals surface area contributed by atoms with Crippen molar-refractivity contribution in [2.24, 2.45) is 0 Å². The van der Waals surface area contributed by atoms with Crippen molar-refractivity contribution >= 4 is 21.7 Å². The third kappa shape index (κ3) is 4.66. The van der Waals surface area contributed by atoms with Gasteiger partial charge in [-0.3, -0.25) is 4.79 Å². The van der Waals surface area contributed by atoms with Crippen LogP contribution in [-0.2, 0) is 30.6 Å². The molecule has 1 heterocycles. The number of ether oxygens (including phenoxy) is 3. The van der Waals surface area contributed by atoms with E-state index >= 15 is 0 Å². The number of esters is 1. The van der Waals surface area contributed by atoms with Crippen molar-refractivity contribution in [1.29, 1.82) is 0 Å². The van der Waals surface area contributed by atoms with Crippen LogP contribution in [0.5, 0.6) is 11.5 Å². The zero-order chi connectivity index (χ0) is 19.3. The third-order valence-electron chi connectivity index (χ3n) is 4.30. The van der Waals surface area contributed by atoms with Crippen molar-refractivity contribution in [3.8, 4) is 11.5 Å². The van der Waals surface area contributed by atoms with Crippen LogP contribution in [-0.4, -0.2) is 70.6 Å². The highest BCUT2D eigenvalue weighted by Gasteiger charge is 2.38. The normalized spacial score (nSPS) is 18.9. The lowest BCUT2D eigenvalue weighted by atomic mass is 10.1. The number of hydrogen-bond acceptors (Lipinski definition) is 7. The summed E-state index contributed by atoms with van der Waals surface area (Å²) in [6, 6.07) is 4.28. The summed E-state index contributed by atoms with van der Waals surface area (Å²) < 4.78 is 38.6. The molecule has 1 amide bonds. The number of sulfone groups is 1. The SMILES string of the molecule is COC(=O)[C@H]1CS(=O)(=O)CCN1C(=O)CCc1ccc(OC)c(OC)c1. The molecule has 1 aliphatic rings. The van der Waals surface area contributed by atoms with Crippen LogP contribution in [0.25, 0.3) is 0 Å². The maximum Gasteiger partial charge on any atom is 0.329 e. The maximum atomic E-state index is 12.6. The van der Waals surface area contributed by atoms with Gasteiger partial charge in [-0.05, 0) is 24.1 Å². The highest BCUT2D eigenvalue weighted by atomic mass is 32.2. The standard InChI is InChI=1S/C17H23NO7S/c1-23-14-6-4-12(10-15(14)24-2)5-7-16(19)18-8-9-26(21,22)11-13(18)17(20)25-3/h4,6,10,13H,5,7-9,11H2,1-3H3/t13-/m1/s1. The summed E-state index contributed by atoms with van der Waals surface area (Å²) >= 11 is 0. The molecule has 0 unspecified atom stereocenters. The van der Waals surface area contributed by atoms with Gasteiger partial charge in [0.1, 0.15) is 6.04 Å². The van der Waals surface area contributed by atoms with Crippen LogP contribution in [0, 0.1) is 0 Å². The first kappa shape index (κ1) is 20.0. The number of amides is 1. The molecule has 1 fully saturated rings. The first-order valence-corrected chi connectivity index (χ1v) is 9.92. The van der Waals surface area contributed by atoms with Crippen LogP contribution in [0.3, 0.4) is 0 Å². The Kier molecular flexibility index (Phi) is 6.47. The number of methoxy groups -OCH3 is 3. The molecule has 9 heteroatoms. The summed E-state index contributed by atoms with van der Waals surface area (Å²) in [6.45, 7) is -0.00708. The van der Waals surface area contributed by atoms with Crippen molar-refractivity contribution in [3.05, 3.63) is 23.8 Å². The molecule has 144 valence electrons. The quantitative estimate of drug-likeness (QED) is 0.655. The Labute approximate surface area is 152 Å². The molecule has 0 aromatic heterocycles. The van der Waals surface area contributed by atoms with Crippen molar-refractivity contribution in [3.63, 3.8) is 0 Å². The van der Waals surface area contributed by atoms with Gasteiger partial charge in [-0.25, -0.2) is 13.2 Å². The molecular weight excluding hydrogens is 362 g/mol. The molecular formula is C17H23NO7S. The average Bonchev–Trinajstić information content (AvgIpc) is 2.64. The zero-order valence-electron chi connectivity index (χ0n) is 15.1. The predicted molar refractivity (Wildman–Crippen MR) is 94.0 cm³/mol. The molecule has 1 aliphatic heterocycles. The Morgan fingerprint density at radius 1 is 1.15 bits per heavy atom. The van der Waals surface area contributed by atoms with Crippen LogP contribution < -0.4 is 9.47 Å². The number of aryl methyl sites for hydroxylation is 1. The molecule has 0 N–H and O–H groups in total. The molecule has 26 heavy (non-hydrogen) atoms. The highest BCUT2D eigenvalue weighted by Crippen LogP contribution is 2.28. The Bertz CT molecular complexity index is 775. The van der Waals surface area contributed by atoms with E-state index in [9.17, 15) is 18.0 Å². The van der Waals surface area contributed by atoms with Crippen molar-refractivity contribution < 1.29 is 32.2 Å². The number of carbonyl (C=O) groups is 2. The Morgan fingerprint density at radius 2 is 1.85 bits per heavy atom. The molecule has 0 radical (unpaired) electrons. The van der Waals surface area contributed by atoms with Gasteiger partial charge in [-0.1, -0.05) is 6.07 Å². The molecule has 0 saturated carbocycles. The van der Waals surface area contributed by atoms with Crippen molar-refractivity contribution in [2.75, 3.05) is 39.4 Å². The summed E-state index contributed by atoms with van der Waals surface area (Å²) in [6.07, 6.45) is 0.569. The van der Waals surface area contributed by atoms with E-state index in [-0.39, 0.29) is 24.6 Å². The second-order valence-electron chi connectivity index (χ2n) is 5.93. The average molecular weight is 385 g/mol. The topological polar surface area (TPSA) is 99.2 Å². The fourth-order valence-electron chi connectivity index (χ4n) is 2.87. The monoisotopic (exact) mass is 385 g/mol. The third-order valence-corrected chi connectivity index (χ3v) is 5.93. The number of rotatable bonds is 6. The van der Waals surface area contributed by atoms with Crippen molar-refractivity contribution in [1.82, 2.24) is 4.90 Å². The molecule has 1 atom stereocenters. The van der Waals surface area contributed by atoms with E-state index in [1.807, 2.05) is 6.07 Å². The van der Waals surface area contributed by atoms with E-state index in [4.69, 9.17) is 9.47 Å². The van der Waals surface area contributed by atoms with Gasteiger partial charge in [0.25, 0.3) is 0 Å². The Morgan fingerprint density at radius 3 is 2.46 bits per heavy atom. The van der Waals surface area contributed by atoms with E-state index in [1.165, 1.54) is 19.1 Å². The lowest BCUT2D eigenvalue weighted by Crippen LogP contribution is -2.55. The van der Waals surface area contributed by atoms with Gasteiger partial charge < -0.3 is 19.1 Å².